The summed E-state index contributed by atoms with van der Waals surface area (Å²) < 4.78 is 12.2. The van der Waals surface area contributed by atoms with Crippen molar-refractivity contribution in [2.24, 2.45) is 5.92 Å². The van der Waals surface area contributed by atoms with Gasteiger partial charge in [0.1, 0.15) is 11.9 Å². The number of benzene rings is 3. The molecule has 0 fully saturated rings. The Hall–Kier alpha value is -3.35. The minimum Gasteiger partial charge on any atom is -0.484 e. The molecule has 1 aromatic heterocycles. The van der Waals surface area contributed by atoms with Gasteiger partial charge < -0.3 is 19.3 Å². The second-order valence-electron chi connectivity index (χ2n) is 10.1. The van der Waals surface area contributed by atoms with E-state index in [0.717, 1.165) is 42.8 Å². The van der Waals surface area contributed by atoms with Crippen molar-refractivity contribution in [2.45, 2.75) is 25.9 Å². The lowest BCUT2D eigenvalue weighted by molar-refractivity contribution is 0.0438. The molecule has 0 unspecified atom stereocenters. The number of rotatable bonds is 13. The Labute approximate surface area is 230 Å². The number of esters is 1. The first kappa shape index (κ1) is 27.7. The standard InChI is InChI=1S/C32H38N2O3S/c1-24(23-36-32(35)26-14-16-27(17-15-26)33(2)3)18-20-34(4)21-19-30(31-13-8-22-38-31)37-29-12-7-10-25-9-5-6-11-28(25)29/h5-17,22,24,30H,18-21,23H2,1-4H3/t24-,30+/m1/s1. The van der Waals surface area contributed by atoms with Crippen LogP contribution in [-0.2, 0) is 4.74 Å². The Morgan fingerprint density at radius 2 is 1.61 bits per heavy atom. The summed E-state index contributed by atoms with van der Waals surface area (Å²) >= 11 is 1.74. The molecular weight excluding hydrogens is 492 g/mol. The Morgan fingerprint density at radius 3 is 2.34 bits per heavy atom. The van der Waals surface area contributed by atoms with Crippen LogP contribution in [0.1, 0.15) is 41.1 Å². The molecular formula is C32H38N2O3S. The topological polar surface area (TPSA) is 42.0 Å². The van der Waals surface area contributed by atoms with Gasteiger partial charge in [0.25, 0.3) is 0 Å². The van der Waals surface area contributed by atoms with E-state index in [1.165, 1.54) is 10.3 Å². The summed E-state index contributed by atoms with van der Waals surface area (Å²) in [4.78, 5) is 18.0. The zero-order valence-electron chi connectivity index (χ0n) is 22.8. The maximum absolute atomic E-state index is 12.4. The van der Waals surface area contributed by atoms with E-state index in [1.807, 2.05) is 43.3 Å². The maximum atomic E-state index is 12.4. The predicted octanol–water partition coefficient (Wildman–Crippen LogP) is 7.29. The van der Waals surface area contributed by atoms with Gasteiger partial charge in [0.05, 0.1) is 12.2 Å². The number of carbonyl (C=O) groups is 1. The molecule has 4 aromatic rings. The number of hydrogen-bond acceptors (Lipinski definition) is 6. The van der Waals surface area contributed by atoms with Gasteiger partial charge in [-0.2, -0.15) is 0 Å². The molecule has 1 heterocycles. The minimum absolute atomic E-state index is 0.000480. The Balaban J connectivity index is 1.25. The molecule has 5 nitrogen and oxygen atoms in total. The number of thiophene rings is 1. The van der Waals surface area contributed by atoms with Gasteiger partial charge in [-0.05, 0) is 73.1 Å². The van der Waals surface area contributed by atoms with Gasteiger partial charge in [0, 0.05) is 43.0 Å². The van der Waals surface area contributed by atoms with Crippen LogP contribution in [-0.4, -0.2) is 51.7 Å². The van der Waals surface area contributed by atoms with Gasteiger partial charge >= 0.3 is 5.97 Å². The zero-order valence-corrected chi connectivity index (χ0v) is 23.6. The molecule has 0 radical (unpaired) electrons. The summed E-state index contributed by atoms with van der Waals surface area (Å²) in [5.74, 6) is 0.943. The molecule has 0 aliphatic rings. The van der Waals surface area contributed by atoms with E-state index in [2.05, 4.69) is 78.8 Å². The van der Waals surface area contributed by atoms with Crippen LogP contribution in [0.2, 0.25) is 0 Å². The first-order valence-electron chi connectivity index (χ1n) is 13.2. The largest absolute Gasteiger partial charge is 0.484 e. The number of nitrogens with zero attached hydrogens (tertiary/aromatic N) is 2. The molecule has 0 amide bonds. The Kier molecular flexibility index (Phi) is 9.79. The monoisotopic (exact) mass is 530 g/mol. The van der Waals surface area contributed by atoms with Crippen molar-refractivity contribution in [1.82, 2.24) is 4.90 Å². The minimum atomic E-state index is -0.264. The maximum Gasteiger partial charge on any atom is 0.338 e. The van der Waals surface area contributed by atoms with E-state index in [4.69, 9.17) is 9.47 Å². The summed E-state index contributed by atoms with van der Waals surface area (Å²) in [6.45, 7) is 4.40. The summed E-state index contributed by atoms with van der Waals surface area (Å²) in [5.41, 5.74) is 1.65. The third-order valence-electron chi connectivity index (χ3n) is 6.77. The molecule has 0 saturated carbocycles. The molecule has 2 atom stereocenters. The fraction of sp³-hybridized carbons (Fsp3) is 0.344. The van der Waals surface area contributed by atoms with Crippen LogP contribution in [0.4, 0.5) is 5.69 Å². The van der Waals surface area contributed by atoms with Gasteiger partial charge in [0.2, 0.25) is 0 Å². The smallest absolute Gasteiger partial charge is 0.338 e. The summed E-state index contributed by atoms with van der Waals surface area (Å²) in [7, 11) is 6.10. The molecule has 0 spiro atoms. The highest BCUT2D eigenvalue weighted by Crippen LogP contribution is 2.33. The van der Waals surface area contributed by atoms with Crippen molar-refractivity contribution < 1.29 is 14.3 Å². The van der Waals surface area contributed by atoms with E-state index in [-0.39, 0.29) is 18.0 Å². The van der Waals surface area contributed by atoms with Crippen LogP contribution in [0.25, 0.3) is 10.8 Å². The van der Waals surface area contributed by atoms with E-state index < -0.39 is 0 Å². The van der Waals surface area contributed by atoms with Crippen LogP contribution >= 0.6 is 11.3 Å². The molecule has 6 heteroatoms. The fourth-order valence-corrected chi connectivity index (χ4v) is 5.15. The SMILES string of the molecule is C[C@H](CCN(C)CC[C@H](Oc1cccc2ccccc12)c1cccs1)COC(=O)c1ccc(N(C)C)cc1. The van der Waals surface area contributed by atoms with Gasteiger partial charge in [-0.15, -0.1) is 11.3 Å². The lowest BCUT2D eigenvalue weighted by Gasteiger charge is -2.24. The quantitative estimate of drug-likeness (QED) is 0.170. The highest BCUT2D eigenvalue weighted by Gasteiger charge is 2.18. The first-order valence-corrected chi connectivity index (χ1v) is 14.1. The average molecular weight is 531 g/mol. The zero-order chi connectivity index (χ0) is 26.9. The van der Waals surface area contributed by atoms with Crippen molar-refractivity contribution in [3.8, 4) is 5.75 Å². The summed E-state index contributed by atoms with van der Waals surface area (Å²) in [5, 5.41) is 4.44. The predicted molar refractivity (Wildman–Crippen MR) is 159 cm³/mol. The summed E-state index contributed by atoms with van der Waals surface area (Å²) in [6, 6.07) is 26.3. The normalized spacial score (nSPS) is 12.9. The van der Waals surface area contributed by atoms with E-state index >= 15 is 0 Å². The number of fused-ring (bicyclic) bond motifs is 1. The van der Waals surface area contributed by atoms with Crippen LogP contribution in [0.15, 0.2) is 84.2 Å². The van der Waals surface area contributed by atoms with Crippen molar-refractivity contribution in [1.29, 1.82) is 0 Å². The molecule has 0 aliphatic heterocycles. The molecule has 4 rings (SSSR count). The molecule has 3 aromatic carbocycles. The molecule has 200 valence electrons. The van der Waals surface area contributed by atoms with Crippen molar-refractivity contribution in [3.63, 3.8) is 0 Å². The number of hydrogen-bond donors (Lipinski definition) is 0. The van der Waals surface area contributed by atoms with Gasteiger partial charge in [0.15, 0.2) is 0 Å². The average Bonchev–Trinajstić information content (AvgIpc) is 3.48. The van der Waals surface area contributed by atoms with Crippen molar-refractivity contribution in [2.75, 3.05) is 45.7 Å². The number of carbonyl (C=O) groups excluding carboxylic acids is 1. The third kappa shape index (κ3) is 7.59. The van der Waals surface area contributed by atoms with Gasteiger partial charge in [-0.25, -0.2) is 4.79 Å². The highest BCUT2D eigenvalue weighted by molar-refractivity contribution is 7.10. The Bertz CT molecular complexity index is 1280. The molecule has 0 bridgehead atoms. The first-order chi connectivity index (χ1) is 18.4. The number of anilines is 1. The second-order valence-corrected chi connectivity index (χ2v) is 11.1. The fourth-order valence-electron chi connectivity index (χ4n) is 4.36. The van der Waals surface area contributed by atoms with Gasteiger partial charge in [-0.3, -0.25) is 0 Å². The van der Waals surface area contributed by atoms with Gasteiger partial charge in [-0.1, -0.05) is 49.4 Å². The number of ether oxygens (including phenoxy) is 2. The van der Waals surface area contributed by atoms with Crippen LogP contribution in [0, 0.1) is 5.92 Å². The van der Waals surface area contributed by atoms with Crippen LogP contribution < -0.4 is 9.64 Å². The van der Waals surface area contributed by atoms with Crippen molar-refractivity contribution >= 4 is 33.8 Å². The highest BCUT2D eigenvalue weighted by atomic mass is 32.1. The lowest BCUT2D eigenvalue weighted by Crippen LogP contribution is -2.26. The Morgan fingerprint density at radius 1 is 0.868 bits per heavy atom. The van der Waals surface area contributed by atoms with E-state index in [1.54, 1.807) is 11.3 Å². The second kappa shape index (κ2) is 13.4. The molecule has 0 N–H and O–H groups in total. The van der Waals surface area contributed by atoms with Crippen LogP contribution in [0.5, 0.6) is 5.75 Å². The molecule has 0 aliphatic carbocycles. The lowest BCUT2D eigenvalue weighted by atomic mass is 10.1. The molecule has 0 saturated heterocycles. The summed E-state index contributed by atoms with van der Waals surface area (Å²) in [6.07, 6.45) is 1.85. The molecule has 38 heavy (non-hydrogen) atoms. The van der Waals surface area contributed by atoms with E-state index in [0.29, 0.717) is 12.2 Å². The van der Waals surface area contributed by atoms with Crippen LogP contribution in [0.3, 0.4) is 0 Å². The van der Waals surface area contributed by atoms with E-state index in [9.17, 15) is 4.79 Å². The van der Waals surface area contributed by atoms with Crippen molar-refractivity contribution in [3.05, 3.63) is 94.7 Å². The third-order valence-corrected chi connectivity index (χ3v) is 7.74.